The van der Waals surface area contributed by atoms with E-state index in [-0.39, 0.29) is 21.7 Å². The van der Waals surface area contributed by atoms with E-state index in [0.29, 0.717) is 22.7 Å². The Kier molecular flexibility index (Phi) is 6.42. The van der Waals surface area contributed by atoms with Crippen molar-refractivity contribution in [3.05, 3.63) is 56.9 Å². The lowest BCUT2D eigenvalue weighted by molar-refractivity contribution is 0.0779. The van der Waals surface area contributed by atoms with E-state index in [0.717, 1.165) is 28.0 Å². The van der Waals surface area contributed by atoms with E-state index in [4.69, 9.17) is 5.14 Å². The van der Waals surface area contributed by atoms with Gasteiger partial charge in [-0.2, -0.15) is 9.62 Å². The Morgan fingerprint density at radius 3 is 2.68 bits per heavy atom. The molecule has 4 N–H and O–H groups in total. The van der Waals surface area contributed by atoms with Crippen LogP contribution in [0.25, 0.3) is 0 Å². The third-order valence-corrected chi connectivity index (χ3v) is 8.66. The van der Waals surface area contributed by atoms with E-state index < -0.39 is 22.1 Å². The number of aliphatic hydroxyl groups excluding tert-OH is 1. The first kappa shape index (κ1) is 23.6. The number of nitrogens with two attached hydrogens (primary N) is 1. The highest BCUT2D eigenvalue weighted by atomic mass is 32.2. The smallest absolute Gasteiger partial charge is 0.150 e. The standard InChI is InChI=1S/C22H28N4O3S2/c1-12(2)16-7-14(10-23)8-17-13(3)6-15(9-18(16)17)26-31(24,29)20-19(11-27)25-21(30-20)22(4,5)28/h6-8,12-13,27-28H,9,11H2,1-5H3,(H2,24,26,29). The van der Waals surface area contributed by atoms with Crippen molar-refractivity contribution in [3.8, 4) is 6.07 Å². The molecule has 166 valence electrons. The summed E-state index contributed by atoms with van der Waals surface area (Å²) in [5.74, 6) is 0.196. The van der Waals surface area contributed by atoms with Crippen LogP contribution in [0.1, 0.15) is 79.4 Å². The lowest BCUT2D eigenvalue weighted by Gasteiger charge is -2.25. The van der Waals surface area contributed by atoms with Crippen LogP contribution >= 0.6 is 11.3 Å². The van der Waals surface area contributed by atoms with Crippen LogP contribution in [0.15, 0.2) is 32.5 Å². The summed E-state index contributed by atoms with van der Waals surface area (Å²) in [5, 5.41) is 35.8. The Morgan fingerprint density at radius 2 is 2.13 bits per heavy atom. The molecule has 0 radical (unpaired) electrons. The number of hydrogen-bond donors (Lipinski definition) is 3. The summed E-state index contributed by atoms with van der Waals surface area (Å²) in [6.07, 6.45) is 2.37. The van der Waals surface area contributed by atoms with Crippen molar-refractivity contribution in [2.75, 3.05) is 0 Å². The molecule has 0 aliphatic heterocycles. The van der Waals surface area contributed by atoms with Crippen molar-refractivity contribution < 1.29 is 14.4 Å². The van der Waals surface area contributed by atoms with E-state index in [1.165, 1.54) is 0 Å². The van der Waals surface area contributed by atoms with Gasteiger partial charge in [-0.25, -0.2) is 14.3 Å². The van der Waals surface area contributed by atoms with Crippen LogP contribution in [-0.2, 0) is 28.5 Å². The first-order valence-electron chi connectivity index (χ1n) is 10.0. The molecule has 0 fully saturated rings. The average molecular weight is 461 g/mol. The summed E-state index contributed by atoms with van der Waals surface area (Å²) in [6, 6.07) is 6.04. The second kappa shape index (κ2) is 8.45. The molecular formula is C22H28N4O3S2. The predicted octanol–water partition coefficient (Wildman–Crippen LogP) is 3.80. The Labute approximate surface area is 187 Å². The van der Waals surface area contributed by atoms with Gasteiger partial charge in [-0.1, -0.05) is 26.8 Å². The third-order valence-electron chi connectivity index (χ3n) is 5.21. The highest BCUT2D eigenvalue weighted by Crippen LogP contribution is 2.37. The highest BCUT2D eigenvalue weighted by Gasteiger charge is 2.28. The summed E-state index contributed by atoms with van der Waals surface area (Å²) < 4.78 is 18.0. The second-order valence-corrected chi connectivity index (χ2v) is 11.6. The van der Waals surface area contributed by atoms with E-state index in [1.54, 1.807) is 13.8 Å². The molecule has 0 saturated carbocycles. The lowest BCUT2D eigenvalue weighted by atomic mass is 9.81. The molecule has 2 atom stereocenters. The molecule has 0 amide bonds. The van der Waals surface area contributed by atoms with Gasteiger partial charge in [-0.3, -0.25) is 0 Å². The summed E-state index contributed by atoms with van der Waals surface area (Å²) >= 11 is 1.01. The number of nitriles is 1. The zero-order valence-electron chi connectivity index (χ0n) is 18.3. The molecule has 7 nitrogen and oxygen atoms in total. The Morgan fingerprint density at radius 1 is 1.45 bits per heavy atom. The number of nitrogens with zero attached hydrogens (tertiary/aromatic N) is 3. The van der Waals surface area contributed by atoms with Crippen molar-refractivity contribution in [2.24, 2.45) is 9.50 Å². The first-order valence-corrected chi connectivity index (χ1v) is 12.4. The van der Waals surface area contributed by atoms with E-state index in [9.17, 15) is 19.7 Å². The van der Waals surface area contributed by atoms with Crippen molar-refractivity contribution in [3.63, 3.8) is 0 Å². The maximum absolute atomic E-state index is 13.4. The minimum atomic E-state index is -3.37. The van der Waals surface area contributed by atoms with E-state index >= 15 is 0 Å². The number of thiazole rings is 1. The fourth-order valence-electron chi connectivity index (χ4n) is 3.73. The van der Waals surface area contributed by atoms with Crippen LogP contribution < -0.4 is 5.14 Å². The van der Waals surface area contributed by atoms with E-state index in [1.807, 2.05) is 25.1 Å². The third kappa shape index (κ3) is 4.73. The minimum Gasteiger partial charge on any atom is -0.390 e. The van der Waals surface area contributed by atoms with Crippen LogP contribution in [0, 0.1) is 11.3 Å². The van der Waals surface area contributed by atoms with Crippen molar-refractivity contribution in [1.82, 2.24) is 4.98 Å². The largest absolute Gasteiger partial charge is 0.390 e. The molecule has 0 spiro atoms. The van der Waals surface area contributed by atoms with Crippen LogP contribution in [0.5, 0.6) is 0 Å². The van der Waals surface area contributed by atoms with Crippen LogP contribution in [0.3, 0.4) is 0 Å². The Bertz CT molecular complexity index is 1210. The molecule has 31 heavy (non-hydrogen) atoms. The normalized spacial score (nSPS) is 18.2. The summed E-state index contributed by atoms with van der Waals surface area (Å²) in [6.45, 7) is 8.85. The Balaban J connectivity index is 2.10. The molecule has 1 aliphatic rings. The number of benzene rings is 1. The number of allylic oxidation sites excluding steroid dienone is 2. The van der Waals surface area contributed by atoms with Crippen molar-refractivity contribution in [1.29, 1.82) is 5.26 Å². The van der Waals surface area contributed by atoms with Crippen LogP contribution in [0.4, 0.5) is 0 Å². The van der Waals surface area contributed by atoms with Gasteiger partial charge in [-0.05, 0) is 48.6 Å². The maximum atomic E-state index is 13.4. The molecule has 1 aromatic carbocycles. The van der Waals surface area contributed by atoms with Gasteiger partial charge in [0.1, 0.15) is 14.8 Å². The van der Waals surface area contributed by atoms with Gasteiger partial charge < -0.3 is 10.2 Å². The number of aromatic nitrogens is 1. The summed E-state index contributed by atoms with van der Waals surface area (Å²) in [5.41, 5.74) is 3.38. The molecule has 9 heteroatoms. The predicted molar refractivity (Wildman–Crippen MR) is 122 cm³/mol. The van der Waals surface area contributed by atoms with Gasteiger partial charge in [0.25, 0.3) is 0 Å². The van der Waals surface area contributed by atoms with Gasteiger partial charge in [0, 0.05) is 12.3 Å². The van der Waals surface area contributed by atoms with Gasteiger partial charge in [0.05, 0.1) is 29.6 Å². The zero-order chi connectivity index (χ0) is 23.1. The number of rotatable bonds is 5. The van der Waals surface area contributed by atoms with Crippen molar-refractivity contribution >= 4 is 21.3 Å². The van der Waals surface area contributed by atoms with Crippen molar-refractivity contribution in [2.45, 2.75) is 69.3 Å². The molecule has 2 aromatic rings. The summed E-state index contributed by atoms with van der Waals surface area (Å²) in [4.78, 5) is 4.22. The lowest BCUT2D eigenvalue weighted by Crippen LogP contribution is -2.16. The number of hydrogen-bond acceptors (Lipinski definition) is 7. The van der Waals surface area contributed by atoms with Gasteiger partial charge >= 0.3 is 0 Å². The molecular weight excluding hydrogens is 432 g/mol. The first-order chi connectivity index (χ1) is 14.4. The topological polar surface area (TPSA) is 133 Å². The molecule has 0 saturated heterocycles. The Hall–Kier alpha value is -2.09. The minimum absolute atomic E-state index is 0.0193. The van der Waals surface area contributed by atoms with Gasteiger partial charge in [0.15, 0.2) is 9.92 Å². The van der Waals surface area contributed by atoms with E-state index in [2.05, 4.69) is 29.3 Å². The van der Waals surface area contributed by atoms with Crippen LogP contribution in [0.2, 0.25) is 0 Å². The molecule has 1 aromatic heterocycles. The monoisotopic (exact) mass is 460 g/mol. The van der Waals surface area contributed by atoms with Crippen LogP contribution in [-0.4, -0.2) is 19.4 Å². The van der Waals surface area contributed by atoms with Gasteiger partial charge in [-0.15, -0.1) is 11.3 Å². The van der Waals surface area contributed by atoms with Gasteiger partial charge in [0.2, 0.25) is 0 Å². The molecule has 2 unspecified atom stereocenters. The second-order valence-electron chi connectivity index (χ2n) is 8.65. The fourth-order valence-corrected chi connectivity index (χ4v) is 6.37. The maximum Gasteiger partial charge on any atom is 0.150 e. The molecule has 3 rings (SSSR count). The fraction of sp³-hybridized carbons (Fsp3) is 0.455. The average Bonchev–Trinajstić information content (AvgIpc) is 3.13. The highest BCUT2D eigenvalue weighted by molar-refractivity contribution is 7.93. The summed E-state index contributed by atoms with van der Waals surface area (Å²) in [7, 11) is -3.37. The molecule has 1 aliphatic carbocycles. The zero-order valence-corrected chi connectivity index (χ0v) is 20.0. The molecule has 1 heterocycles. The quantitative estimate of drug-likeness (QED) is 0.624. The SMILES string of the molecule is CC(C)c1cc(C#N)cc2c1CC(N=S(N)(=O)c1sc(C(C)(C)O)nc1CO)=CC2C. The molecule has 0 bridgehead atoms. The number of aliphatic hydroxyl groups is 2. The number of fused-ring (bicyclic) bond motifs is 1.